The maximum atomic E-state index is 13.7. The van der Waals surface area contributed by atoms with Crippen molar-refractivity contribution in [2.75, 3.05) is 27.4 Å². The Labute approximate surface area is 200 Å². The molecular formula is C26H33NO7. The standard InChI is InChI=1S/C26H33NO7/c1-14(2)33-11-12-34-26(30)21-16(4)27-19-13-15(3)20(25(29)32-6)24(28)23(19)22(21)17-7-9-18(31-5)10-8-17/h7-10,14-15,20,22,27H,11-13H2,1-6H3/t15-,20+,22+/m1/s1. The number of allylic oxidation sites excluding steroid dienone is 3. The Morgan fingerprint density at radius 2 is 1.79 bits per heavy atom. The molecule has 0 saturated carbocycles. The van der Waals surface area contributed by atoms with Crippen LogP contribution in [0.25, 0.3) is 0 Å². The molecule has 1 aromatic rings. The second-order valence-electron chi connectivity index (χ2n) is 8.86. The first-order valence-corrected chi connectivity index (χ1v) is 11.4. The molecule has 1 aliphatic heterocycles. The zero-order valence-corrected chi connectivity index (χ0v) is 20.6. The quantitative estimate of drug-likeness (QED) is 0.350. The minimum Gasteiger partial charge on any atom is -0.497 e. The summed E-state index contributed by atoms with van der Waals surface area (Å²) >= 11 is 0. The summed E-state index contributed by atoms with van der Waals surface area (Å²) in [6.45, 7) is 7.81. The van der Waals surface area contributed by atoms with Crippen LogP contribution in [0.1, 0.15) is 45.6 Å². The van der Waals surface area contributed by atoms with Gasteiger partial charge in [-0.3, -0.25) is 9.59 Å². The highest BCUT2D eigenvalue weighted by Crippen LogP contribution is 2.45. The average Bonchev–Trinajstić information content (AvgIpc) is 2.80. The van der Waals surface area contributed by atoms with Gasteiger partial charge in [0, 0.05) is 22.9 Å². The number of ketones is 1. The SMILES string of the molecule is COC(=O)[C@@H]1C(=O)C2=C(C[C@H]1C)NC(C)=C(C(=O)OCCOC(C)C)[C@@H]2c1ccc(OC)cc1. The number of hydrogen-bond donors (Lipinski definition) is 1. The lowest BCUT2D eigenvalue weighted by Crippen LogP contribution is -2.43. The number of dihydropyridines is 1. The molecule has 0 amide bonds. The van der Waals surface area contributed by atoms with E-state index in [1.54, 1.807) is 26.2 Å². The lowest BCUT2D eigenvalue weighted by Gasteiger charge is -2.38. The van der Waals surface area contributed by atoms with Crippen molar-refractivity contribution in [1.82, 2.24) is 5.32 Å². The van der Waals surface area contributed by atoms with E-state index in [2.05, 4.69) is 5.32 Å². The highest BCUT2D eigenvalue weighted by molar-refractivity contribution is 6.12. The summed E-state index contributed by atoms with van der Waals surface area (Å²) in [4.78, 5) is 39.4. The molecule has 1 N–H and O–H groups in total. The zero-order valence-electron chi connectivity index (χ0n) is 20.6. The van der Waals surface area contributed by atoms with Gasteiger partial charge in [-0.05, 0) is 50.8 Å². The number of nitrogens with one attached hydrogen (secondary N) is 1. The van der Waals surface area contributed by atoms with E-state index in [4.69, 9.17) is 18.9 Å². The first-order valence-electron chi connectivity index (χ1n) is 11.4. The van der Waals surface area contributed by atoms with E-state index in [-0.39, 0.29) is 31.0 Å². The number of Topliss-reactive ketones (excluding diaryl/α,β-unsaturated/α-hetero) is 1. The number of rotatable bonds is 8. The zero-order chi connectivity index (χ0) is 25.0. The fraction of sp³-hybridized carbons (Fsp3) is 0.500. The molecule has 2 aliphatic rings. The van der Waals surface area contributed by atoms with Crippen LogP contribution in [0.3, 0.4) is 0 Å². The molecule has 3 rings (SSSR count). The van der Waals surface area contributed by atoms with Gasteiger partial charge >= 0.3 is 11.9 Å². The van der Waals surface area contributed by atoms with Crippen molar-refractivity contribution in [3.8, 4) is 5.75 Å². The number of ether oxygens (including phenoxy) is 4. The van der Waals surface area contributed by atoms with Gasteiger partial charge in [-0.1, -0.05) is 19.1 Å². The maximum absolute atomic E-state index is 13.7. The van der Waals surface area contributed by atoms with E-state index in [0.29, 0.717) is 29.0 Å². The Morgan fingerprint density at radius 3 is 2.38 bits per heavy atom. The van der Waals surface area contributed by atoms with E-state index in [1.165, 1.54) is 7.11 Å². The lowest BCUT2D eigenvalue weighted by molar-refractivity contribution is -0.151. The summed E-state index contributed by atoms with van der Waals surface area (Å²) in [6.07, 6.45) is 0.503. The van der Waals surface area contributed by atoms with Gasteiger partial charge < -0.3 is 24.3 Å². The second-order valence-corrected chi connectivity index (χ2v) is 8.86. The normalized spacial score (nSPS) is 22.3. The van der Waals surface area contributed by atoms with E-state index in [0.717, 1.165) is 11.3 Å². The van der Waals surface area contributed by atoms with Crippen LogP contribution >= 0.6 is 0 Å². The van der Waals surface area contributed by atoms with Crippen molar-refractivity contribution in [2.24, 2.45) is 11.8 Å². The van der Waals surface area contributed by atoms with Crippen LogP contribution in [-0.2, 0) is 28.6 Å². The Morgan fingerprint density at radius 1 is 1.12 bits per heavy atom. The number of benzene rings is 1. The number of carbonyl (C=O) groups is 3. The van der Waals surface area contributed by atoms with Crippen molar-refractivity contribution in [2.45, 2.75) is 46.1 Å². The summed E-state index contributed by atoms with van der Waals surface area (Å²) in [6, 6.07) is 7.20. The van der Waals surface area contributed by atoms with Gasteiger partial charge in [-0.2, -0.15) is 0 Å². The molecule has 0 spiro atoms. The van der Waals surface area contributed by atoms with Gasteiger partial charge in [0.2, 0.25) is 0 Å². The lowest BCUT2D eigenvalue weighted by atomic mass is 9.69. The summed E-state index contributed by atoms with van der Waals surface area (Å²) in [5.74, 6) is -2.65. The molecule has 1 heterocycles. The maximum Gasteiger partial charge on any atom is 0.336 e. The Balaban J connectivity index is 2.03. The largest absolute Gasteiger partial charge is 0.497 e. The van der Waals surface area contributed by atoms with Gasteiger partial charge in [-0.15, -0.1) is 0 Å². The smallest absolute Gasteiger partial charge is 0.336 e. The highest BCUT2D eigenvalue weighted by atomic mass is 16.6. The molecule has 8 heteroatoms. The molecule has 34 heavy (non-hydrogen) atoms. The van der Waals surface area contributed by atoms with Gasteiger partial charge in [0.25, 0.3) is 0 Å². The van der Waals surface area contributed by atoms with Crippen LogP contribution in [0.5, 0.6) is 5.75 Å². The third kappa shape index (κ3) is 5.17. The first-order chi connectivity index (χ1) is 16.2. The predicted molar refractivity (Wildman–Crippen MR) is 125 cm³/mol. The molecular weight excluding hydrogens is 438 g/mol. The summed E-state index contributed by atoms with van der Waals surface area (Å²) in [7, 11) is 2.84. The Hall–Kier alpha value is -3.13. The fourth-order valence-corrected chi connectivity index (χ4v) is 4.58. The van der Waals surface area contributed by atoms with Crippen molar-refractivity contribution in [1.29, 1.82) is 0 Å². The molecule has 1 aliphatic carbocycles. The molecule has 0 radical (unpaired) electrons. The van der Waals surface area contributed by atoms with Gasteiger partial charge in [0.05, 0.1) is 32.5 Å². The van der Waals surface area contributed by atoms with Gasteiger partial charge in [0.15, 0.2) is 5.78 Å². The molecule has 8 nitrogen and oxygen atoms in total. The van der Waals surface area contributed by atoms with Crippen molar-refractivity contribution in [3.63, 3.8) is 0 Å². The molecule has 3 atom stereocenters. The van der Waals surface area contributed by atoms with E-state index in [9.17, 15) is 14.4 Å². The molecule has 0 bridgehead atoms. The Kier molecular flexibility index (Phi) is 8.15. The number of methoxy groups -OCH3 is 2. The van der Waals surface area contributed by atoms with Crippen LogP contribution in [0.15, 0.2) is 46.8 Å². The third-order valence-electron chi connectivity index (χ3n) is 6.18. The number of carbonyl (C=O) groups excluding carboxylic acids is 3. The molecule has 0 saturated heterocycles. The fourth-order valence-electron chi connectivity index (χ4n) is 4.58. The monoisotopic (exact) mass is 471 g/mol. The van der Waals surface area contributed by atoms with Crippen molar-refractivity contribution >= 4 is 17.7 Å². The summed E-state index contributed by atoms with van der Waals surface area (Å²) < 4.78 is 21.2. The minimum atomic E-state index is -0.929. The minimum absolute atomic E-state index is 0.0212. The van der Waals surface area contributed by atoms with Crippen LogP contribution < -0.4 is 10.1 Å². The summed E-state index contributed by atoms with van der Waals surface area (Å²) in [5, 5.41) is 3.25. The van der Waals surface area contributed by atoms with E-state index in [1.807, 2.05) is 32.9 Å². The highest BCUT2D eigenvalue weighted by Gasteiger charge is 2.47. The second kappa shape index (κ2) is 10.9. The molecule has 0 fully saturated rings. The van der Waals surface area contributed by atoms with Crippen molar-refractivity contribution in [3.05, 3.63) is 52.4 Å². The van der Waals surface area contributed by atoms with Crippen LogP contribution in [-0.4, -0.2) is 51.3 Å². The van der Waals surface area contributed by atoms with Crippen LogP contribution in [0.2, 0.25) is 0 Å². The Bertz CT molecular complexity index is 1010. The van der Waals surface area contributed by atoms with Crippen LogP contribution in [0, 0.1) is 11.8 Å². The number of esters is 2. The van der Waals surface area contributed by atoms with Crippen LogP contribution in [0.4, 0.5) is 0 Å². The van der Waals surface area contributed by atoms with Crippen molar-refractivity contribution < 1.29 is 33.3 Å². The van der Waals surface area contributed by atoms with E-state index >= 15 is 0 Å². The van der Waals surface area contributed by atoms with E-state index < -0.39 is 23.8 Å². The number of hydrogen-bond acceptors (Lipinski definition) is 8. The van der Waals surface area contributed by atoms with Gasteiger partial charge in [0.1, 0.15) is 18.3 Å². The molecule has 1 aromatic carbocycles. The predicted octanol–water partition coefficient (Wildman–Crippen LogP) is 3.28. The first kappa shape index (κ1) is 25.5. The van der Waals surface area contributed by atoms with Gasteiger partial charge in [-0.25, -0.2) is 4.79 Å². The average molecular weight is 472 g/mol. The molecule has 0 unspecified atom stereocenters. The summed E-state index contributed by atoms with van der Waals surface area (Å²) in [5.41, 5.74) is 2.79. The molecule has 184 valence electrons. The third-order valence-corrected chi connectivity index (χ3v) is 6.18. The topological polar surface area (TPSA) is 100 Å². The molecule has 0 aromatic heterocycles.